The van der Waals surface area contributed by atoms with Crippen LogP contribution in [-0.2, 0) is 16.0 Å². The van der Waals surface area contributed by atoms with E-state index in [0.29, 0.717) is 11.3 Å². The molecule has 0 amide bonds. The highest BCUT2D eigenvalue weighted by Gasteiger charge is 2.00. The average Bonchev–Trinajstić information content (AvgIpc) is 2.09. The second kappa shape index (κ2) is 4.02. The molecule has 3 heteroatoms. The van der Waals surface area contributed by atoms with E-state index in [4.69, 9.17) is 11.6 Å². The summed E-state index contributed by atoms with van der Waals surface area (Å²) in [7, 11) is 0. The van der Waals surface area contributed by atoms with Crippen molar-refractivity contribution in [1.82, 2.24) is 0 Å². The van der Waals surface area contributed by atoms with Crippen LogP contribution in [0.25, 0.3) is 0 Å². The van der Waals surface area contributed by atoms with Crippen LogP contribution in [0.2, 0.25) is 5.02 Å². The van der Waals surface area contributed by atoms with Gasteiger partial charge in [0.2, 0.25) is 0 Å². The maximum atomic E-state index is 10.7. The van der Waals surface area contributed by atoms with Gasteiger partial charge in [0.05, 0.1) is 0 Å². The molecule has 0 aliphatic rings. The predicted molar refractivity (Wildman–Crippen MR) is 46.2 cm³/mol. The van der Waals surface area contributed by atoms with Gasteiger partial charge in [-0.2, -0.15) is 0 Å². The van der Waals surface area contributed by atoms with Gasteiger partial charge < -0.3 is 0 Å². The highest BCUT2D eigenvalue weighted by molar-refractivity contribution is 6.30. The third kappa shape index (κ3) is 2.47. The first-order chi connectivity index (χ1) is 5.72. The van der Waals surface area contributed by atoms with Gasteiger partial charge in [0.15, 0.2) is 12.1 Å². The van der Waals surface area contributed by atoms with Crippen molar-refractivity contribution in [2.75, 3.05) is 0 Å². The zero-order valence-electron chi connectivity index (χ0n) is 6.29. The highest BCUT2D eigenvalue weighted by atomic mass is 35.5. The highest BCUT2D eigenvalue weighted by Crippen LogP contribution is 2.09. The number of carbonyl (C=O) groups excluding carboxylic acids is 2. The molecule has 0 unspecified atom stereocenters. The van der Waals surface area contributed by atoms with Gasteiger partial charge in [-0.25, -0.2) is 0 Å². The van der Waals surface area contributed by atoms with Gasteiger partial charge in [-0.3, -0.25) is 9.59 Å². The molecule has 0 atom stereocenters. The second-order valence-corrected chi connectivity index (χ2v) is 2.82. The van der Waals surface area contributed by atoms with E-state index in [1.807, 2.05) is 0 Å². The maximum absolute atomic E-state index is 10.7. The zero-order chi connectivity index (χ0) is 8.97. The number of carbonyl (C=O) groups is 2. The van der Waals surface area contributed by atoms with Crippen LogP contribution >= 0.6 is 11.6 Å². The molecule has 0 heterocycles. The van der Waals surface area contributed by atoms with Gasteiger partial charge in [-0.1, -0.05) is 23.7 Å². The number of ketones is 1. The fourth-order valence-electron chi connectivity index (χ4n) is 0.845. The summed E-state index contributed by atoms with van der Waals surface area (Å²) in [5.41, 5.74) is 0.802. The Hall–Kier alpha value is -1.15. The SMILES string of the molecule is O=CC(=O)Cc1ccc(Cl)cc1. The molecule has 0 fully saturated rings. The van der Waals surface area contributed by atoms with Crippen LogP contribution in [0.15, 0.2) is 24.3 Å². The van der Waals surface area contributed by atoms with Crippen LogP contribution in [0.5, 0.6) is 0 Å². The molecule has 0 radical (unpaired) electrons. The van der Waals surface area contributed by atoms with E-state index in [9.17, 15) is 9.59 Å². The molecule has 1 aromatic rings. The number of Topliss-reactive ketones (excluding diaryl/α,β-unsaturated/α-hetero) is 1. The van der Waals surface area contributed by atoms with Crippen LogP contribution in [0.4, 0.5) is 0 Å². The molecule has 0 aromatic heterocycles. The van der Waals surface area contributed by atoms with Crippen molar-refractivity contribution in [3.05, 3.63) is 34.9 Å². The van der Waals surface area contributed by atoms with Gasteiger partial charge in [0, 0.05) is 11.4 Å². The van der Waals surface area contributed by atoms with Crippen molar-refractivity contribution in [1.29, 1.82) is 0 Å². The van der Waals surface area contributed by atoms with Gasteiger partial charge in [-0.05, 0) is 17.7 Å². The molecule has 1 aromatic carbocycles. The monoisotopic (exact) mass is 182 g/mol. The van der Waals surface area contributed by atoms with Crippen LogP contribution in [0, 0.1) is 0 Å². The fourth-order valence-corrected chi connectivity index (χ4v) is 0.971. The number of hydrogen-bond donors (Lipinski definition) is 0. The van der Waals surface area contributed by atoms with E-state index in [0.717, 1.165) is 5.56 Å². The third-order valence-electron chi connectivity index (χ3n) is 1.42. The Balaban J connectivity index is 2.71. The fraction of sp³-hybridized carbons (Fsp3) is 0.111. The van der Waals surface area contributed by atoms with Gasteiger partial charge in [-0.15, -0.1) is 0 Å². The lowest BCUT2D eigenvalue weighted by Gasteiger charge is -1.95. The van der Waals surface area contributed by atoms with E-state index in [1.165, 1.54) is 0 Å². The minimum atomic E-state index is -0.419. The van der Waals surface area contributed by atoms with Gasteiger partial charge in [0.1, 0.15) is 0 Å². The Labute approximate surface area is 75.2 Å². The smallest absolute Gasteiger partial charge is 0.199 e. The summed E-state index contributed by atoms with van der Waals surface area (Å²) in [5.74, 6) is -0.419. The summed E-state index contributed by atoms with van der Waals surface area (Å²) >= 11 is 5.63. The van der Waals surface area contributed by atoms with Crippen molar-refractivity contribution >= 4 is 23.7 Å². The van der Waals surface area contributed by atoms with E-state index < -0.39 is 5.78 Å². The Morgan fingerprint density at radius 1 is 1.33 bits per heavy atom. The minimum absolute atomic E-state index is 0.153. The van der Waals surface area contributed by atoms with Crippen molar-refractivity contribution in [2.45, 2.75) is 6.42 Å². The summed E-state index contributed by atoms with van der Waals surface area (Å²) < 4.78 is 0. The summed E-state index contributed by atoms with van der Waals surface area (Å²) in [4.78, 5) is 20.7. The lowest BCUT2D eigenvalue weighted by atomic mass is 10.1. The molecule has 0 saturated heterocycles. The lowest BCUT2D eigenvalue weighted by molar-refractivity contribution is -0.129. The molecule has 62 valence electrons. The molecule has 1 rings (SSSR count). The Bertz CT molecular complexity index is 290. The third-order valence-corrected chi connectivity index (χ3v) is 1.68. The largest absolute Gasteiger partial charge is 0.295 e. The molecule has 2 nitrogen and oxygen atoms in total. The average molecular weight is 183 g/mol. The molecule has 0 saturated carbocycles. The van der Waals surface area contributed by atoms with Crippen LogP contribution in [0.1, 0.15) is 5.56 Å². The molecular formula is C9H7ClO2. The number of benzene rings is 1. The van der Waals surface area contributed by atoms with Crippen molar-refractivity contribution < 1.29 is 9.59 Å². The minimum Gasteiger partial charge on any atom is -0.295 e. The molecule has 0 spiro atoms. The quantitative estimate of drug-likeness (QED) is 0.526. The van der Waals surface area contributed by atoms with E-state index >= 15 is 0 Å². The molecule has 0 aliphatic heterocycles. The lowest BCUT2D eigenvalue weighted by Crippen LogP contribution is -2.02. The summed E-state index contributed by atoms with van der Waals surface area (Å²) in [6.45, 7) is 0. The Morgan fingerprint density at radius 3 is 2.42 bits per heavy atom. The van der Waals surface area contributed by atoms with Crippen molar-refractivity contribution in [2.24, 2.45) is 0 Å². The molecule has 0 aliphatic carbocycles. The molecular weight excluding hydrogens is 176 g/mol. The second-order valence-electron chi connectivity index (χ2n) is 2.39. The first-order valence-corrected chi connectivity index (χ1v) is 3.82. The molecule has 0 N–H and O–H groups in total. The standard InChI is InChI=1S/C9H7ClO2/c10-8-3-1-7(2-4-8)5-9(12)6-11/h1-4,6H,5H2. The first-order valence-electron chi connectivity index (χ1n) is 3.45. The zero-order valence-corrected chi connectivity index (χ0v) is 7.04. The summed E-state index contributed by atoms with van der Waals surface area (Å²) in [6.07, 6.45) is 0.481. The maximum Gasteiger partial charge on any atom is 0.199 e. The van der Waals surface area contributed by atoms with Crippen LogP contribution < -0.4 is 0 Å². The summed E-state index contributed by atoms with van der Waals surface area (Å²) in [6, 6.07) is 6.83. The van der Waals surface area contributed by atoms with Gasteiger partial charge >= 0.3 is 0 Å². The van der Waals surface area contributed by atoms with Gasteiger partial charge in [0.25, 0.3) is 0 Å². The Morgan fingerprint density at radius 2 is 1.92 bits per heavy atom. The Kier molecular flexibility index (Phi) is 3.00. The number of hydrogen-bond acceptors (Lipinski definition) is 2. The molecule has 0 bridgehead atoms. The van der Waals surface area contributed by atoms with Crippen molar-refractivity contribution in [3.8, 4) is 0 Å². The number of rotatable bonds is 3. The van der Waals surface area contributed by atoms with Crippen molar-refractivity contribution in [3.63, 3.8) is 0 Å². The van der Waals surface area contributed by atoms with E-state index in [1.54, 1.807) is 24.3 Å². The number of aldehydes is 1. The predicted octanol–water partition coefficient (Wildman–Crippen LogP) is 1.65. The first kappa shape index (κ1) is 8.94. The summed E-state index contributed by atoms with van der Waals surface area (Å²) in [5, 5.41) is 0.623. The normalized spacial score (nSPS) is 9.42. The van der Waals surface area contributed by atoms with E-state index in [2.05, 4.69) is 0 Å². The van der Waals surface area contributed by atoms with Crippen LogP contribution in [-0.4, -0.2) is 12.1 Å². The van der Waals surface area contributed by atoms with Crippen LogP contribution in [0.3, 0.4) is 0 Å². The molecule has 12 heavy (non-hydrogen) atoms. The number of halogens is 1. The van der Waals surface area contributed by atoms with E-state index in [-0.39, 0.29) is 6.42 Å². The topological polar surface area (TPSA) is 34.1 Å².